The van der Waals surface area contributed by atoms with E-state index in [2.05, 4.69) is 0 Å². The smallest absolute Gasteiger partial charge is 0.233 e. The Morgan fingerprint density at radius 1 is 1.28 bits per heavy atom. The van der Waals surface area contributed by atoms with Gasteiger partial charge in [0.05, 0.1) is 36.1 Å². The van der Waals surface area contributed by atoms with E-state index in [1.54, 1.807) is 13.2 Å². The zero-order chi connectivity index (χ0) is 22.6. The van der Waals surface area contributed by atoms with Crippen molar-refractivity contribution in [2.45, 2.75) is 31.3 Å². The molecule has 2 amide bonds. The van der Waals surface area contributed by atoms with Crippen LogP contribution in [0.1, 0.15) is 29.4 Å². The minimum atomic E-state index is -1.61. The number of ether oxygens (including phenoxy) is 2. The minimum absolute atomic E-state index is 0.0333. The van der Waals surface area contributed by atoms with E-state index >= 15 is 0 Å². The first kappa shape index (κ1) is 21.9. The van der Waals surface area contributed by atoms with Crippen molar-refractivity contribution in [1.82, 2.24) is 4.90 Å². The zero-order valence-corrected chi connectivity index (χ0v) is 19.0. The van der Waals surface area contributed by atoms with E-state index in [1.165, 1.54) is 28.4 Å². The minimum Gasteiger partial charge on any atom is -0.508 e. The molecular weight excluding hydrogens is 454 g/mol. The number of benzene rings is 1. The van der Waals surface area contributed by atoms with Crippen LogP contribution in [0.3, 0.4) is 0 Å². The molecule has 9 heteroatoms. The molecule has 2 N–H and O–H groups in total. The maximum absolute atomic E-state index is 13.4. The average molecular weight is 478 g/mol. The highest BCUT2D eigenvalue weighted by Gasteiger charge is 2.66. The van der Waals surface area contributed by atoms with E-state index in [-0.39, 0.29) is 30.7 Å². The monoisotopic (exact) mass is 477 g/mol. The highest BCUT2D eigenvalue weighted by atomic mass is 35.5. The number of nitrogens with zero attached hydrogens (tertiary/aromatic N) is 1. The molecule has 1 saturated carbocycles. The van der Waals surface area contributed by atoms with Crippen molar-refractivity contribution in [3.8, 4) is 5.75 Å². The summed E-state index contributed by atoms with van der Waals surface area (Å²) in [6, 6.07) is 8.39. The number of thiophene rings is 1. The van der Waals surface area contributed by atoms with E-state index in [0.29, 0.717) is 23.4 Å². The van der Waals surface area contributed by atoms with Crippen molar-refractivity contribution in [3.05, 3.63) is 51.2 Å². The Balaban J connectivity index is 1.49. The normalized spacial score (nSPS) is 34.1. The maximum Gasteiger partial charge on any atom is 0.233 e. The van der Waals surface area contributed by atoms with Crippen LogP contribution in [-0.2, 0) is 25.6 Å². The molecule has 2 aromatic rings. The number of amides is 2. The lowest BCUT2D eigenvalue weighted by atomic mass is 9.64. The van der Waals surface area contributed by atoms with Gasteiger partial charge in [-0.1, -0.05) is 23.7 Å². The molecule has 2 aliphatic heterocycles. The number of aromatic hydroxyl groups is 1. The first-order chi connectivity index (χ1) is 15.3. The third-order valence-corrected chi connectivity index (χ3v) is 8.24. The molecule has 3 heterocycles. The van der Waals surface area contributed by atoms with E-state index in [9.17, 15) is 19.8 Å². The van der Waals surface area contributed by atoms with Crippen molar-refractivity contribution in [2.24, 2.45) is 23.7 Å². The summed E-state index contributed by atoms with van der Waals surface area (Å²) in [5.74, 6) is -4.22. The standard InChI is InChI=1S/C23H24ClNO6S/c1-30-11-12-7-16-20(22(28)25(21(16)27)10-14-3-2-6-32-14)17-9-19(31-23(12,17)29)15-5-4-13(26)8-18(15)24/h2-6,8,12,16-17,19-20,26,29H,7,9-11H2,1H3/t12-,16+,17+,19+,20+,23-/m1/s1. The molecule has 2 saturated heterocycles. The summed E-state index contributed by atoms with van der Waals surface area (Å²) in [6.45, 7) is 0.454. The maximum atomic E-state index is 13.4. The van der Waals surface area contributed by atoms with Crippen molar-refractivity contribution < 1.29 is 29.3 Å². The van der Waals surface area contributed by atoms with Gasteiger partial charge in [-0.25, -0.2) is 0 Å². The average Bonchev–Trinajstić information content (AvgIpc) is 3.43. The van der Waals surface area contributed by atoms with Gasteiger partial charge < -0.3 is 19.7 Å². The highest BCUT2D eigenvalue weighted by Crippen LogP contribution is 2.58. The predicted molar refractivity (Wildman–Crippen MR) is 117 cm³/mol. The number of phenolic OH excluding ortho intramolecular Hbond substituents is 1. The van der Waals surface area contributed by atoms with Crippen LogP contribution in [0.25, 0.3) is 0 Å². The second kappa shape index (κ2) is 8.11. The Morgan fingerprint density at radius 3 is 2.78 bits per heavy atom. The second-order valence-electron chi connectivity index (χ2n) is 8.77. The van der Waals surface area contributed by atoms with Crippen LogP contribution in [0.5, 0.6) is 5.75 Å². The van der Waals surface area contributed by atoms with E-state index < -0.39 is 35.6 Å². The van der Waals surface area contributed by atoms with Crippen LogP contribution in [0.15, 0.2) is 35.7 Å². The second-order valence-corrected chi connectivity index (χ2v) is 10.2. The largest absolute Gasteiger partial charge is 0.508 e. The van der Waals surface area contributed by atoms with Gasteiger partial charge in [-0.05, 0) is 42.0 Å². The molecule has 0 spiro atoms. The molecule has 1 aromatic carbocycles. The first-order valence-electron chi connectivity index (χ1n) is 10.6. The van der Waals surface area contributed by atoms with E-state index in [0.717, 1.165) is 4.88 Å². The molecule has 1 aliphatic carbocycles. The number of aliphatic hydroxyl groups is 1. The van der Waals surface area contributed by atoms with Gasteiger partial charge in [-0.15, -0.1) is 11.3 Å². The molecule has 0 bridgehead atoms. The van der Waals surface area contributed by atoms with Crippen molar-refractivity contribution in [1.29, 1.82) is 0 Å². The van der Waals surface area contributed by atoms with Crippen LogP contribution in [0.4, 0.5) is 0 Å². The number of rotatable bonds is 5. The topological polar surface area (TPSA) is 96.3 Å². The summed E-state index contributed by atoms with van der Waals surface area (Å²) in [4.78, 5) is 29.0. The van der Waals surface area contributed by atoms with Crippen LogP contribution in [-0.4, -0.2) is 46.4 Å². The van der Waals surface area contributed by atoms with Gasteiger partial charge >= 0.3 is 0 Å². The van der Waals surface area contributed by atoms with E-state index in [1.807, 2.05) is 17.5 Å². The number of likely N-dealkylation sites (tertiary alicyclic amines) is 1. The number of phenols is 1. The van der Waals surface area contributed by atoms with Crippen molar-refractivity contribution in [2.75, 3.05) is 13.7 Å². The lowest BCUT2D eigenvalue weighted by Crippen LogP contribution is -2.54. The third kappa shape index (κ3) is 3.36. The van der Waals surface area contributed by atoms with Gasteiger partial charge in [0.15, 0.2) is 5.79 Å². The summed E-state index contributed by atoms with van der Waals surface area (Å²) in [7, 11) is 1.54. The lowest BCUT2D eigenvalue weighted by molar-refractivity contribution is -0.275. The fourth-order valence-electron chi connectivity index (χ4n) is 5.63. The number of halogens is 1. The highest BCUT2D eigenvalue weighted by molar-refractivity contribution is 7.09. The third-order valence-electron chi connectivity index (χ3n) is 7.05. The fraction of sp³-hybridized carbons (Fsp3) is 0.478. The lowest BCUT2D eigenvalue weighted by Gasteiger charge is -2.44. The molecule has 1 aromatic heterocycles. The Morgan fingerprint density at radius 2 is 2.09 bits per heavy atom. The zero-order valence-electron chi connectivity index (χ0n) is 17.4. The predicted octanol–water partition coefficient (Wildman–Crippen LogP) is 3.34. The molecule has 3 fully saturated rings. The molecule has 7 nitrogen and oxygen atoms in total. The molecular formula is C23H24ClNO6S. The van der Waals surface area contributed by atoms with Crippen LogP contribution in [0, 0.1) is 23.7 Å². The van der Waals surface area contributed by atoms with Crippen LogP contribution in [0.2, 0.25) is 5.02 Å². The summed E-state index contributed by atoms with van der Waals surface area (Å²) >= 11 is 7.84. The summed E-state index contributed by atoms with van der Waals surface area (Å²) in [5, 5.41) is 23.6. The molecule has 32 heavy (non-hydrogen) atoms. The summed E-state index contributed by atoms with van der Waals surface area (Å²) in [5.41, 5.74) is 0.632. The number of methoxy groups -OCH3 is 1. The Hall–Kier alpha value is -1.97. The van der Waals surface area contributed by atoms with Gasteiger partial charge in [-0.2, -0.15) is 0 Å². The molecule has 170 valence electrons. The van der Waals surface area contributed by atoms with Crippen molar-refractivity contribution in [3.63, 3.8) is 0 Å². The van der Waals surface area contributed by atoms with E-state index in [4.69, 9.17) is 21.1 Å². The number of fused-ring (bicyclic) bond motifs is 3. The van der Waals surface area contributed by atoms with Crippen LogP contribution >= 0.6 is 22.9 Å². The molecule has 0 unspecified atom stereocenters. The summed E-state index contributed by atoms with van der Waals surface area (Å²) < 4.78 is 11.5. The number of carbonyl (C=O) groups excluding carboxylic acids is 2. The summed E-state index contributed by atoms with van der Waals surface area (Å²) in [6.07, 6.45) is 0.0897. The van der Waals surface area contributed by atoms with Gasteiger partial charge in [-0.3, -0.25) is 14.5 Å². The number of imide groups is 1. The Bertz CT molecular complexity index is 1050. The first-order valence-corrected chi connectivity index (χ1v) is 11.8. The molecule has 0 radical (unpaired) electrons. The molecule has 3 aliphatic rings. The van der Waals surface area contributed by atoms with Gasteiger partial charge in [0.25, 0.3) is 0 Å². The Labute approximate surface area is 194 Å². The number of hydrogen-bond donors (Lipinski definition) is 2. The number of carbonyl (C=O) groups is 2. The quantitative estimate of drug-likeness (QED) is 0.641. The number of hydrogen-bond acceptors (Lipinski definition) is 7. The van der Waals surface area contributed by atoms with Gasteiger partial charge in [0.2, 0.25) is 11.8 Å². The Kier molecular flexibility index (Phi) is 5.54. The fourth-order valence-corrected chi connectivity index (χ4v) is 6.62. The van der Waals surface area contributed by atoms with Crippen LogP contribution < -0.4 is 0 Å². The van der Waals surface area contributed by atoms with Gasteiger partial charge in [0, 0.05) is 23.8 Å². The molecule has 5 rings (SSSR count). The van der Waals surface area contributed by atoms with Gasteiger partial charge in [0.1, 0.15) is 5.75 Å². The molecule has 6 atom stereocenters. The van der Waals surface area contributed by atoms with Crippen molar-refractivity contribution >= 4 is 34.8 Å². The SMILES string of the molecule is COC[C@H]1C[C@@H]2C(=O)N(Cc3cccs3)C(=O)[C@@H]2[C@@H]2C[C@@H](c3ccc(O)cc3Cl)O[C@]12O.